The van der Waals surface area contributed by atoms with Crippen molar-refractivity contribution >= 4 is 5.65 Å². The molecule has 0 N–H and O–H groups in total. The summed E-state index contributed by atoms with van der Waals surface area (Å²) >= 11 is 0. The van der Waals surface area contributed by atoms with Crippen molar-refractivity contribution in [3.63, 3.8) is 0 Å². The molecule has 0 unspecified atom stereocenters. The fourth-order valence-electron chi connectivity index (χ4n) is 2.72. The van der Waals surface area contributed by atoms with E-state index < -0.39 is 0 Å². The van der Waals surface area contributed by atoms with Crippen LogP contribution in [0.15, 0.2) is 53.5 Å². The molecule has 0 spiro atoms. The van der Waals surface area contributed by atoms with E-state index in [2.05, 4.69) is 20.4 Å². The van der Waals surface area contributed by atoms with Crippen LogP contribution in [0.5, 0.6) is 0 Å². The average Bonchev–Trinajstić information content (AvgIpc) is 3.03. The predicted octanol–water partition coefficient (Wildman–Crippen LogP) is 2.01. The van der Waals surface area contributed by atoms with Gasteiger partial charge in [0.2, 0.25) is 5.82 Å². The molecular weight excluding hydrogens is 316 g/mol. The van der Waals surface area contributed by atoms with Crippen LogP contribution in [0.3, 0.4) is 0 Å². The van der Waals surface area contributed by atoms with Gasteiger partial charge in [0.05, 0.1) is 5.69 Å². The Hall–Kier alpha value is -3.35. The molecule has 0 amide bonds. The van der Waals surface area contributed by atoms with E-state index in [0.29, 0.717) is 23.7 Å². The van der Waals surface area contributed by atoms with Crippen LogP contribution in [-0.4, -0.2) is 29.6 Å². The minimum atomic E-state index is -0.126. The highest BCUT2D eigenvalue weighted by molar-refractivity contribution is 5.58. The van der Waals surface area contributed by atoms with Crippen molar-refractivity contribution in [2.75, 3.05) is 0 Å². The van der Waals surface area contributed by atoms with E-state index in [1.54, 1.807) is 6.20 Å². The maximum absolute atomic E-state index is 12.2. The molecule has 124 valence electrons. The topological polar surface area (TPSA) is 78.0 Å². The standard InChI is InChI=1S/C18H16N6O/c1-12-7-8-23-16(9-12)19-14(10-17(23)25)11-24-21-18(20-22-24)15-6-4-3-5-13(15)2/h3-10H,11H2,1-2H3. The Balaban J connectivity index is 1.68. The lowest BCUT2D eigenvalue weighted by atomic mass is 10.1. The van der Waals surface area contributed by atoms with Crippen molar-refractivity contribution in [1.82, 2.24) is 29.6 Å². The number of rotatable bonds is 3. The highest BCUT2D eigenvalue weighted by Crippen LogP contribution is 2.17. The lowest BCUT2D eigenvalue weighted by molar-refractivity contribution is 0.564. The normalized spacial score (nSPS) is 11.1. The molecule has 0 saturated heterocycles. The maximum Gasteiger partial charge on any atom is 0.258 e. The lowest BCUT2D eigenvalue weighted by Crippen LogP contribution is -2.17. The lowest BCUT2D eigenvalue weighted by Gasteiger charge is -2.04. The minimum absolute atomic E-state index is 0.126. The molecule has 3 aromatic heterocycles. The molecule has 0 fully saturated rings. The van der Waals surface area contributed by atoms with Gasteiger partial charge in [-0.15, -0.1) is 10.2 Å². The molecule has 7 nitrogen and oxygen atoms in total. The summed E-state index contributed by atoms with van der Waals surface area (Å²) in [6.45, 7) is 4.26. The predicted molar refractivity (Wildman–Crippen MR) is 93.3 cm³/mol. The van der Waals surface area contributed by atoms with Crippen molar-refractivity contribution in [3.05, 3.63) is 75.8 Å². The molecule has 0 saturated carbocycles. The first-order valence-corrected chi connectivity index (χ1v) is 7.93. The number of fused-ring (bicyclic) bond motifs is 1. The van der Waals surface area contributed by atoms with E-state index >= 15 is 0 Å². The van der Waals surface area contributed by atoms with Gasteiger partial charge in [-0.25, -0.2) is 4.98 Å². The number of nitrogens with zero attached hydrogens (tertiary/aromatic N) is 6. The Bertz CT molecular complexity index is 1130. The second-order valence-corrected chi connectivity index (χ2v) is 5.98. The minimum Gasteiger partial charge on any atom is -0.269 e. The highest BCUT2D eigenvalue weighted by atomic mass is 16.1. The smallest absolute Gasteiger partial charge is 0.258 e. The van der Waals surface area contributed by atoms with Crippen molar-refractivity contribution < 1.29 is 0 Å². The molecule has 4 aromatic rings. The number of hydrogen-bond donors (Lipinski definition) is 0. The number of aryl methyl sites for hydroxylation is 2. The van der Waals surface area contributed by atoms with Gasteiger partial charge in [0.15, 0.2) is 0 Å². The Morgan fingerprint density at radius 3 is 2.76 bits per heavy atom. The van der Waals surface area contributed by atoms with Crippen molar-refractivity contribution in [2.45, 2.75) is 20.4 Å². The van der Waals surface area contributed by atoms with E-state index in [4.69, 9.17) is 0 Å². The van der Waals surface area contributed by atoms with Crippen LogP contribution in [0.25, 0.3) is 17.0 Å². The molecule has 7 heteroatoms. The molecule has 0 atom stereocenters. The van der Waals surface area contributed by atoms with Crippen LogP contribution < -0.4 is 5.56 Å². The first-order valence-electron chi connectivity index (χ1n) is 7.93. The summed E-state index contributed by atoms with van der Waals surface area (Å²) in [6, 6.07) is 13.1. The molecule has 4 rings (SSSR count). The Morgan fingerprint density at radius 2 is 1.92 bits per heavy atom. The fourth-order valence-corrected chi connectivity index (χ4v) is 2.72. The first kappa shape index (κ1) is 15.2. The van der Waals surface area contributed by atoms with Crippen LogP contribution in [0.1, 0.15) is 16.8 Å². The summed E-state index contributed by atoms with van der Waals surface area (Å²) in [5.41, 5.74) is 4.16. The average molecular weight is 332 g/mol. The fraction of sp³-hybridized carbons (Fsp3) is 0.167. The highest BCUT2D eigenvalue weighted by Gasteiger charge is 2.10. The Labute approximate surface area is 143 Å². The number of pyridine rings is 1. The molecule has 0 radical (unpaired) electrons. The summed E-state index contributed by atoms with van der Waals surface area (Å²) in [7, 11) is 0. The molecule has 0 bridgehead atoms. The van der Waals surface area contributed by atoms with Crippen molar-refractivity contribution in [1.29, 1.82) is 0 Å². The van der Waals surface area contributed by atoms with E-state index in [1.165, 1.54) is 15.3 Å². The third-order valence-corrected chi connectivity index (χ3v) is 4.02. The van der Waals surface area contributed by atoms with E-state index in [0.717, 1.165) is 16.7 Å². The third-order valence-electron chi connectivity index (χ3n) is 4.02. The molecule has 0 aliphatic rings. The van der Waals surface area contributed by atoms with Crippen molar-refractivity contribution in [2.24, 2.45) is 0 Å². The van der Waals surface area contributed by atoms with E-state index in [1.807, 2.05) is 50.2 Å². The van der Waals surface area contributed by atoms with Crippen molar-refractivity contribution in [3.8, 4) is 11.4 Å². The van der Waals surface area contributed by atoms with Crippen LogP contribution in [0, 0.1) is 13.8 Å². The molecule has 0 aliphatic carbocycles. The summed E-state index contributed by atoms with van der Waals surface area (Å²) in [5.74, 6) is 0.562. The summed E-state index contributed by atoms with van der Waals surface area (Å²) in [4.78, 5) is 18.2. The van der Waals surface area contributed by atoms with Crippen LogP contribution in [0.4, 0.5) is 0 Å². The summed E-state index contributed by atoms with van der Waals surface area (Å²) < 4.78 is 1.52. The van der Waals surface area contributed by atoms with E-state index in [9.17, 15) is 4.79 Å². The number of hydrogen-bond acceptors (Lipinski definition) is 5. The second-order valence-electron chi connectivity index (χ2n) is 5.98. The second kappa shape index (κ2) is 5.94. The molecule has 3 heterocycles. The summed E-state index contributed by atoms with van der Waals surface area (Å²) in [6.07, 6.45) is 1.73. The van der Waals surface area contributed by atoms with Gasteiger partial charge in [-0.2, -0.15) is 4.80 Å². The van der Waals surface area contributed by atoms with Gasteiger partial charge in [-0.3, -0.25) is 9.20 Å². The number of benzene rings is 1. The largest absolute Gasteiger partial charge is 0.269 e. The SMILES string of the molecule is Cc1ccn2c(=O)cc(Cn3nnc(-c4ccccc4C)n3)nc2c1. The van der Waals surface area contributed by atoms with Gasteiger partial charge < -0.3 is 0 Å². The first-order chi connectivity index (χ1) is 12.1. The van der Waals surface area contributed by atoms with Gasteiger partial charge in [-0.05, 0) is 42.3 Å². The molecular formula is C18H16N6O. The Morgan fingerprint density at radius 1 is 1.08 bits per heavy atom. The van der Waals surface area contributed by atoms with Crippen LogP contribution in [0.2, 0.25) is 0 Å². The molecule has 25 heavy (non-hydrogen) atoms. The van der Waals surface area contributed by atoms with Gasteiger partial charge in [0.1, 0.15) is 12.2 Å². The van der Waals surface area contributed by atoms with Crippen LogP contribution >= 0.6 is 0 Å². The molecule has 1 aromatic carbocycles. The Kier molecular flexibility index (Phi) is 3.61. The quantitative estimate of drug-likeness (QED) is 0.573. The zero-order chi connectivity index (χ0) is 17.4. The van der Waals surface area contributed by atoms with Gasteiger partial charge in [0.25, 0.3) is 5.56 Å². The zero-order valence-electron chi connectivity index (χ0n) is 13.9. The number of tetrazole rings is 1. The van der Waals surface area contributed by atoms with E-state index in [-0.39, 0.29) is 5.56 Å². The zero-order valence-corrected chi connectivity index (χ0v) is 13.9. The third kappa shape index (κ3) is 2.91. The molecule has 0 aliphatic heterocycles. The van der Waals surface area contributed by atoms with Gasteiger partial charge in [0, 0.05) is 17.8 Å². The van der Waals surface area contributed by atoms with Gasteiger partial charge in [-0.1, -0.05) is 24.3 Å². The number of aromatic nitrogens is 6. The van der Waals surface area contributed by atoms with Gasteiger partial charge >= 0.3 is 0 Å². The van der Waals surface area contributed by atoms with Crippen LogP contribution in [-0.2, 0) is 6.54 Å². The summed E-state index contributed by atoms with van der Waals surface area (Å²) in [5, 5.41) is 12.6. The maximum atomic E-state index is 12.2. The monoisotopic (exact) mass is 332 g/mol.